The van der Waals surface area contributed by atoms with Gasteiger partial charge in [0, 0.05) is 0 Å². The minimum Gasteiger partial charge on any atom is -0.288 e. The summed E-state index contributed by atoms with van der Waals surface area (Å²) in [4.78, 5) is 0. The second kappa shape index (κ2) is 11.8. The van der Waals surface area contributed by atoms with Crippen molar-refractivity contribution in [3.63, 3.8) is 0 Å². The van der Waals surface area contributed by atoms with Crippen molar-refractivity contribution in [2.24, 2.45) is 0 Å². The standard InChI is InChI=1S/C11H18N.C2HN3/c1-5-9-12(8-4,10-6-2)11-7-3;3-1-5-2-4/h5-8H,1-4,9-11H2;5H/q+1;. The zero-order chi connectivity index (χ0) is 13.6. The van der Waals surface area contributed by atoms with Crippen molar-refractivity contribution >= 4 is 0 Å². The fourth-order valence-electron chi connectivity index (χ4n) is 1.24. The number of hydrogen-bond donors (Lipinski definition) is 1. The molecule has 0 saturated heterocycles. The maximum Gasteiger partial charge on any atom is 0.190 e. The SMILES string of the molecule is C=CC[N+](C=C)(CC=C)CC=C.N#CNC#N. The van der Waals surface area contributed by atoms with E-state index in [9.17, 15) is 0 Å². The largest absolute Gasteiger partial charge is 0.288 e. The summed E-state index contributed by atoms with van der Waals surface area (Å²) in [5.41, 5.74) is 0. The van der Waals surface area contributed by atoms with Gasteiger partial charge in [0.2, 0.25) is 0 Å². The number of nitrogens with one attached hydrogen (secondary N) is 1. The van der Waals surface area contributed by atoms with Gasteiger partial charge in [-0.15, -0.1) is 0 Å². The Morgan fingerprint density at radius 3 is 1.35 bits per heavy atom. The zero-order valence-corrected chi connectivity index (χ0v) is 10.1. The fourth-order valence-corrected chi connectivity index (χ4v) is 1.24. The van der Waals surface area contributed by atoms with Crippen molar-refractivity contribution in [3.8, 4) is 12.4 Å². The molecule has 0 atom stereocenters. The van der Waals surface area contributed by atoms with Crippen molar-refractivity contribution in [2.75, 3.05) is 19.6 Å². The maximum atomic E-state index is 7.48. The molecule has 0 aliphatic carbocycles. The first kappa shape index (κ1) is 17.1. The van der Waals surface area contributed by atoms with Crippen LogP contribution in [0.25, 0.3) is 0 Å². The minimum absolute atomic E-state index is 0.760. The molecule has 4 nitrogen and oxygen atoms in total. The molecule has 17 heavy (non-hydrogen) atoms. The second-order valence-corrected chi connectivity index (χ2v) is 3.16. The van der Waals surface area contributed by atoms with Gasteiger partial charge in [-0.2, -0.15) is 10.5 Å². The van der Waals surface area contributed by atoms with Crippen molar-refractivity contribution in [3.05, 3.63) is 50.7 Å². The first-order valence-electron chi connectivity index (χ1n) is 5.01. The van der Waals surface area contributed by atoms with Gasteiger partial charge >= 0.3 is 0 Å². The Morgan fingerprint density at radius 2 is 1.24 bits per heavy atom. The second-order valence-electron chi connectivity index (χ2n) is 3.16. The summed E-state index contributed by atoms with van der Waals surface area (Å²) >= 11 is 0. The van der Waals surface area contributed by atoms with E-state index in [1.807, 2.05) is 24.4 Å². The minimum atomic E-state index is 0.760. The molecule has 0 aromatic carbocycles. The highest BCUT2D eigenvalue weighted by molar-refractivity contribution is 4.79. The molecule has 0 heterocycles. The molecule has 0 bridgehead atoms. The van der Waals surface area contributed by atoms with Crippen LogP contribution in [0.2, 0.25) is 0 Å². The van der Waals surface area contributed by atoms with Crippen LogP contribution in [0.5, 0.6) is 0 Å². The van der Waals surface area contributed by atoms with Crippen LogP contribution in [0.3, 0.4) is 0 Å². The third-order valence-electron chi connectivity index (χ3n) is 1.98. The summed E-state index contributed by atoms with van der Waals surface area (Å²) in [5, 5.41) is 16.7. The van der Waals surface area contributed by atoms with Gasteiger partial charge in [0.15, 0.2) is 12.4 Å². The normalized spacial score (nSPS) is 8.35. The third-order valence-corrected chi connectivity index (χ3v) is 1.98. The Bertz CT molecular complexity index is 292. The van der Waals surface area contributed by atoms with Crippen molar-refractivity contribution < 1.29 is 4.48 Å². The van der Waals surface area contributed by atoms with E-state index in [1.54, 1.807) is 5.32 Å². The quantitative estimate of drug-likeness (QED) is 0.316. The smallest absolute Gasteiger partial charge is 0.190 e. The van der Waals surface area contributed by atoms with Gasteiger partial charge in [-0.25, -0.2) is 5.32 Å². The molecule has 0 saturated carbocycles. The lowest BCUT2D eigenvalue weighted by molar-refractivity contribution is -0.861. The predicted octanol–water partition coefficient (Wildman–Crippen LogP) is 2.04. The van der Waals surface area contributed by atoms with E-state index >= 15 is 0 Å². The van der Waals surface area contributed by atoms with Crippen LogP contribution >= 0.6 is 0 Å². The van der Waals surface area contributed by atoms with Crippen LogP contribution in [0.1, 0.15) is 0 Å². The van der Waals surface area contributed by atoms with Gasteiger partial charge in [-0.05, 0) is 24.8 Å². The summed E-state index contributed by atoms with van der Waals surface area (Å²) in [6, 6.07) is 0. The van der Waals surface area contributed by atoms with Crippen molar-refractivity contribution in [1.82, 2.24) is 5.32 Å². The van der Waals surface area contributed by atoms with E-state index in [0.717, 1.165) is 24.1 Å². The molecule has 0 aliphatic rings. The molecule has 0 aliphatic heterocycles. The first-order valence-corrected chi connectivity index (χ1v) is 5.01. The lowest BCUT2D eigenvalue weighted by atomic mass is 10.3. The van der Waals surface area contributed by atoms with Crippen LogP contribution < -0.4 is 5.32 Å². The Hall–Kier alpha value is -2.30. The van der Waals surface area contributed by atoms with Crippen LogP contribution in [-0.4, -0.2) is 24.1 Å². The molecule has 0 aromatic rings. The highest BCUT2D eigenvalue weighted by atomic mass is 15.3. The monoisotopic (exact) mass is 231 g/mol. The summed E-state index contributed by atoms with van der Waals surface area (Å²) in [7, 11) is 0. The van der Waals surface area contributed by atoms with E-state index in [2.05, 4.69) is 26.3 Å². The zero-order valence-electron chi connectivity index (χ0n) is 10.1. The van der Waals surface area contributed by atoms with Crippen LogP contribution in [0, 0.1) is 22.9 Å². The fraction of sp³-hybridized carbons (Fsp3) is 0.231. The van der Waals surface area contributed by atoms with Gasteiger partial charge in [0.25, 0.3) is 0 Å². The summed E-state index contributed by atoms with van der Waals surface area (Å²) < 4.78 is 0.760. The van der Waals surface area contributed by atoms with Gasteiger partial charge in [0.1, 0.15) is 19.6 Å². The van der Waals surface area contributed by atoms with Crippen molar-refractivity contribution in [2.45, 2.75) is 0 Å². The Kier molecular flexibility index (Phi) is 11.8. The van der Waals surface area contributed by atoms with Gasteiger partial charge in [-0.3, -0.25) is 4.48 Å². The Balaban J connectivity index is 0. The molecule has 90 valence electrons. The summed E-state index contributed by atoms with van der Waals surface area (Å²) in [5.74, 6) is 0. The summed E-state index contributed by atoms with van der Waals surface area (Å²) in [6.07, 6.45) is 10.4. The highest BCUT2D eigenvalue weighted by Gasteiger charge is 2.17. The molecule has 0 spiro atoms. The van der Waals surface area contributed by atoms with Gasteiger partial charge in [-0.1, -0.05) is 19.7 Å². The number of hydrogen-bond acceptors (Lipinski definition) is 3. The topological polar surface area (TPSA) is 59.6 Å². The van der Waals surface area contributed by atoms with E-state index < -0.39 is 0 Å². The van der Waals surface area contributed by atoms with Crippen molar-refractivity contribution in [1.29, 1.82) is 10.5 Å². The Labute approximate surface area is 104 Å². The van der Waals surface area contributed by atoms with Gasteiger partial charge < -0.3 is 0 Å². The third kappa shape index (κ3) is 8.68. The molecule has 0 rings (SSSR count). The highest BCUT2D eigenvalue weighted by Crippen LogP contribution is 2.07. The molecule has 1 N–H and O–H groups in total. The lowest BCUT2D eigenvalue weighted by Crippen LogP contribution is -2.42. The number of quaternary nitrogens is 1. The Morgan fingerprint density at radius 1 is 0.882 bits per heavy atom. The number of nitriles is 2. The van der Waals surface area contributed by atoms with E-state index in [-0.39, 0.29) is 0 Å². The van der Waals surface area contributed by atoms with Crippen LogP contribution in [0.4, 0.5) is 0 Å². The molecule has 0 unspecified atom stereocenters. The maximum absolute atomic E-state index is 7.48. The molecule has 0 radical (unpaired) electrons. The van der Waals surface area contributed by atoms with E-state index in [0.29, 0.717) is 0 Å². The molecular formula is C13H19N4+. The molecule has 0 amide bonds. The van der Waals surface area contributed by atoms with E-state index in [4.69, 9.17) is 10.5 Å². The van der Waals surface area contributed by atoms with Gasteiger partial charge in [0.05, 0.1) is 6.20 Å². The van der Waals surface area contributed by atoms with E-state index in [1.165, 1.54) is 12.4 Å². The number of nitrogens with zero attached hydrogens (tertiary/aromatic N) is 3. The first-order chi connectivity index (χ1) is 8.16. The molecule has 0 aromatic heterocycles. The predicted molar refractivity (Wildman–Crippen MR) is 70.0 cm³/mol. The molecule has 0 fully saturated rings. The van der Waals surface area contributed by atoms with Crippen LogP contribution in [-0.2, 0) is 0 Å². The summed E-state index contributed by atoms with van der Waals surface area (Å²) in [6.45, 7) is 17.6. The van der Waals surface area contributed by atoms with Crippen LogP contribution in [0.15, 0.2) is 50.7 Å². The number of rotatable bonds is 7. The average Bonchev–Trinajstić information content (AvgIpc) is 2.32. The lowest BCUT2D eigenvalue weighted by Gasteiger charge is -2.31. The molecular weight excluding hydrogens is 212 g/mol. The molecule has 4 heteroatoms. The average molecular weight is 231 g/mol.